The number of fused-ring (bicyclic) bond motifs is 1. The molecular formula is C28H26O3S. The smallest absolute Gasteiger partial charge is 0.149 e. The zero-order valence-electron chi connectivity index (χ0n) is 18.3. The molecule has 1 aromatic heterocycles. The van der Waals surface area contributed by atoms with Crippen LogP contribution in [-0.2, 0) is 13.0 Å². The molecule has 0 atom stereocenters. The molecule has 32 heavy (non-hydrogen) atoms. The van der Waals surface area contributed by atoms with Crippen LogP contribution in [0.25, 0.3) is 10.1 Å². The number of rotatable bonds is 9. The quantitative estimate of drug-likeness (QED) is 0.246. The van der Waals surface area contributed by atoms with Gasteiger partial charge in [0.2, 0.25) is 0 Å². The first-order valence-corrected chi connectivity index (χ1v) is 11.4. The van der Waals surface area contributed by atoms with E-state index in [1.807, 2.05) is 67.6 Å². The highest BCUT2D eigenvalue weighted by molar-refractivity contribution is 7.19. The van der Waals surface area contributed by atoms with Crippen LogP contribution in [0.5, 0.6) is 23.0 Å². The maximum absolute atomic E-state index is 6.37. The summed E-state index contributed by atoms with van der Waals surface area (Å²) in [5.41, 5.74) is 1.14. The molecule has 1 heterocycles. The molecule has 4 rings (SSSR count). The predicted molar refractivity (Wildman–Crippen MR) is 133 cm³/mol. The monoisotopic (exact) mass is 442 g/mol. The van der Waals surface area contributed by atoms with Crippen molar-refractivity contribution in [3.05, 3.63) is 108 Å². The Morgan fingerprint density at radius 3 is 2.34 bits per heavy atom. The van der Waals surface area contributed by atoms with E-state index in [9.17, 15) is 0 Å². The lowest BCUT2D eigenvalue weighted by Gasteiger charge is -2.10. The van der Waals surface area contributed by atoms with Crippen molar-refractivity contribution in [3.8, 4) is 23.0 Å². The third-order valence-electron chi connectivity index (χ3n) is 4.95. The topological polar surface area (TPSA) is 27.7 Å². The Morgan fingerprint density at radius 1 is 0.844 bits per heavy atom. The van der Waals surface area contributed by atoms with Crippen LogP contribution in [0.15, 0.2) is 97.1 Å². The van der Waals surface area contributed by atoms with Crippen molar-refractivity contribution in [2.45, 2.75) is 20.0 Å². The molecule has 0 aliphatic rings. The van der Waals surface area contributed by atoms with Crippen molar-refractivity contribution in [3.63, 3.8) is 0 Å². The molecule has 3 aromatic carbocycles. The van der Waals surface area contributed by atoms with Gasteiger partial charge in [-0.25, -0.2) is 0 Å². The predicted octanol–water partition coefficient (Wildman–Crippen LogP) is 7.96. The van der Waals surface area contributed by atoms with Crippen LogP contribution < -0.4 is 14.2 Å². The lowest BCUT2D eigenvalue weighted by Crippen LogP contribution is -1.95. The molecule has 0 amide bonds. The van der Waals surface area contributed by atoms with Gasteiger partial charge in [0, 0.05) is 16.5 Å². The summed E-state index contributed by atoms with van der Waals surface area (Å²) in [7, 11) is 1.69. The van der Waals surface area contributed by atoms with E-state index >= 15 is 0 Å². The Labute approximate surface area is 193 Å². The van der Waals surface area contributed by atoms with Gasteiger partial charge in [-0.15, -0.1) is 11.3 Å². The minimum atomic E-state index is 0.542. The summed E-state index contributed by atoms with van der Waals surface area (Å²) in [5.74, 6) is 3.35. The fraction of sp³-hybridized carbons (Fsp3) is 0.143. The minimum Gasteiger partial charge on any atom is -0.497 e. The second kappa shape index (κ2) is 10.7. The van der Waals surface area contributed by atoms with E-state index in [0.29, 0.717) is 6.61 Å². The van der Waals surface area contributed by atoms with Crippen molar-refractivity contribution in [2.24, 2.45) is 0 Å². The Morgan fingerprint density at radius 2 is 1.59 bits per heavy atom. The van der Waals surface area contributed by atoms with Gasteiger partial charge in [-0.1, -0.05) is 54.6 Å². The molecule has 0 fully saturated rings. The molecule has 162 valence electrons. The summed E-state index contributed by atoms with van der Waals surface area (Å²) in [5, 5.41) is 1.09. The van der Waals surface area contributed by atoms with Crippen LogP contribution >= 0.6 is 11.3 Å². The standard InChI is InChI=1S/C28H26O3S/c1-3-4-5-9-12-26-28(25-18-17-24(29-2)19-27(25)32-26)31-23-15-13-22(14-16-23)30-20-21-10-7-6-8-11-21/h3-11,13-19H,12,20H2,1-2H3. The second-order valence-corrected chi connectivity index (χ2v) is 8.36. The van der Waals surface area contributed by atoms with Crippen molar-refractivity contribution in [1.29, 1.82) is 0 Å². The highest BCUT2D eigenvalue weighted by Gasteiger charge is 2.15. The van der Waals surface area contributed by atoms with E-state index in [0.717, 1.165) is 45.1 Å². The fourth-order valence-electron chi connectivity index (χ4n) is 3.30. The zero-order chi connectivity index (χ0) is 22.2. The largest absolute Gasteiger partial charge is 0.497 e. The number of hydrogen-bond donors (Lipinski definition) is 0. The molecule has 0 radical (unpaired) electrons. The van der Waals surface area contributed by atoms with Crippen LogP contribution in [0, 0.1) is 0 Å². The lowest BCUT2D eigenvalue weighted by atomic mass is 10.2. The lowest BCUT2D eigenvalue weighted by molar-refractivity contribution is 0.306. The van der Waals surface area contributed by atoms with E-state index in [1.165, 1.54) is 4.88 Å². The summed E-state index contributed by atoms with van der Waals surface area (Å²) >= 11 is 1.73. The molecule has 0 N–H and O–H groups in total. The Balaban J connectivity index is 1.54. The first kappa shape index (κ1) is 21.7. The van der Waals surface area contributed by atoms with Crippen LogP contribution in [0.2, 0.25) is 0 Å². The van der Waals surface area contributed by atoms with Gasteiger partial charge in [0.1, 0.15) is 29.6 Å². The molecule has 0 spiro atoms. The second-order valence-electron chi connectivity index (χ2n) is 7.22. The molecular weight excluding hydrogens is 416 g/mol. The van der Waals surface area contributed by atoms with Gasteiger partial charge >= 0.3 is 0 Å². The van der Waals surface area contributed by atoms with E-state index in [-0.39, 0.29) is 0 Å². The molecule has 0 unspecified atom stereocenters. The molecule has 0 aliphatic carbocycles. The van der Waals surface area contributed by atoms with E-state index < -0.39 is 0 Å². The van der Waals surface area contributed by atoms with Crippen molar-refractivity contribution >= 4 is 21.4 Å². The third kappa shape index (κ3) is 5.40. The van der Waals surface area contributed by atoms with Crippen LogP contribution in [0.3, 0.4) is 0 Å². The number of ether oxygens (including phenoxy) is 3. The Kier molecular flexibility index (Phi) is 7.26. The maximum Gasteiger partial charge on any atom is 0.149 e. The molecule has 0 saturated heterocycles. The number of benzene rings is 3. The molecule has 0 saturated carbocycles. The summed E-state index contributed by atoms with van der Waals surface area (Å²) < 4.78 is 18.8. The van der Waals surface area contributed by atoms with Crippen molar-refractivity contribution in [1.82, 2.24) is 0 Å². The number of hydrogen-bond acceptors (Lipinski definition) is 4. The van der Waals surface area contributed by atoms with Crippen molar-refractivity contribution < 1.29 is 14.2 Å². The SMILES string of the molecule is CC=CC=CCc1sc2cc(OC)ccc2c1Oc1ccc(OCc2ccccc2)cc1. The van der Waals surface area contributed by atoms with Crippen LogP contribution in [0.1, 0.15) is 17.4 Å². The number of thiophene rings is 1. The normalized spacial score (nSPS) is 11.4. The van der Waals surface area contributed by atoms with Gasteiger partial charge in [-0.3, -0.25) is 0 Å². The first-order valence-electron chi connectivity index (χ1n) is 10.6. The van der Waals surface area contributed by atoms with Gasteiger partial charge in [0.25, 0.3) is 0 Å². The summed E-state index contributed by atoms with van der Waals surface area (Å²) in [4.78, 5) is 1.18. The minimum absolute atomic E-state index is 0.542. The van der Waals surface area contributed by atoms with Crippen LogP contribution in [-0.4, -0.2) is 7.11 Å². The highest BCUT2D eigenvalue weighted by atomic mass is 32.1. The number of allylic oxidation sites excluding steroid dienone is 4. The van der Waals surface area contributed by atoms with E-state index in [2.05, 4.69) is 36.4 Å². The summed E-state index contributed by atoms with van der Waals surface area (Å²) in [6.07, 6.45) is 9.07. The number of methoxy groups -OCH3 is 1. The van der Waals surface area contributed by atoms with Gasteiger partial charge in [0.15, 0.2) is 0 Å². The first-order chi connectivity index (χ1) is 15.8. The molecule has 0 aliphatic heterocycles. The van der Waals surface area contributed by atoms with Gasteiger partial charge in [-0.2, -0.15) is 0 Å². The van der Waals surface area contributed by atoms with Gasteiger partial charge < -0.3 is 14.2 Å². The Bertz CT molecular complexity index is 1200. The average molecular weight is 443 g/mol. The average Bonchev–Trinajstić information content (AvgIpc) is 3.18. The Hall–Kier alpha value is -3.50. The fourth-order valence-corrected chi connectivity index (χ4v) is 4.44. The van der Waals surface area contributed by atoms with Gasteiger partial charge in [-0.05, 0) is 55.0 Å². The van der Waals surface area contributed by atoms with Crippen molar-refractivity contribution in [2.75, 3.05) is 7.11 Å². The highest BCUT2D eigenvalue weighted by Crippen LogP contribution is 2.42. The molecule has 4 heteroatoms. The summed E-state index contributed by atoms with van der Waals surface area (Å²) in [6, 6.07) is 24.0. The van der Waals surface area contributed by atoms with E-state index in [4.69, 9.17) is 14.2 Å². The maximum atomic E-state index is 6.37. The molecule has 3 nitrogen and oxygen atoms in total. The van der Waals surface area contributed by atoms with Gasteiger partial charge in [0.05, 0.1) is 12.0 Å². The molecule has 4 aromatic rings. The molecule has 0 bridgehead atoms. The third-order valence-corrected chi connectivity index (χ3v) is 6.11. The van der Waals surface area contributed by atoms with E-state index in [1.54, 1.807) is 18.4 Å². The summed E-state index contributed by atoms with van der Waals surface area (Å²) in [6.45, 7) is 2.55. The van der Waals surface area contributed by atoms with Crippen LogP contribution in [0.4, 0.5) is 0 Å². The zero-order valence-corrected chi connectivity index (χ0v) is 19.1.